The van der Waals surface area contributed by atoms with Crippen LogP contribution in [0.1, 0.15) is 31.7 Å². The number of benzene rings is 1. The third kappa shape index (κ3) is 5.32. The van der Waals surface area contributed by atoms with Crippen LogP contribution in [0.5, 0.6) is 0 Å². The molecule has 0 saturated heterocycles. The third-order valence-electron chi connectivity index (χ3n) is 2.80. The molecule has 0 unspecified atom stereocenters. The standard InChI is InChI=1S/C14H16ClN3O3/c1-2-3-4-11(13(19)20)17-14(21)18-12-7-10(15)6-5-9(12)8-16/h5-7,11H,2-4H2,1H3,(H,19,20)(H2,17,18,21)/t11-/m0/s1. The predicted molar refractivity (Wildman–Crippen MR) is 79.3 cm³/mol. The number of nitrogens with zero attached hydrogens (tertiary/aromatic N) is 1. The number of unbranched alkanes of at least 4 members (excludes halogenated alkanes) is 1. The molecule has 0 saturated carbocycles. The summed E-state index contributed by atoms with van der Waals surface area (Å²) in [5, 5.41) is 23.2. The summed E-state index contributed by atoms with van der Waals surface area (Å²) >= 11 is 5.81. The Bertz CT molecular complexity index is 569. The fourth-order valence-electron chi connectivity index (χ4n) is 1.70. The Kier molecular flexibility index (Phi) is 6.50. The lowest BCUT2D eigenvalue weighted by Crippen LogP contribution is -2.43. The fraction of sp³-hybridized carbons (Fsp3) is 0.357. The van der Waals surface area contributed by atoms with Gasteiger partial charge in [0.25, 0.3) is 0 Å². The normalized spacial score (nSPS) is 11.3. The number of hydrogen-bond donors (Lipinski definition) is 3. The Balaban J connectivity index is 2.74. The zero-order chi connectivity index (χ0) is 15.8. The molecule has 1 rings (SSSR count). The molecule has 0 fully saturated rings. The first-order valence-electron chi connectivity index (χ1n) is 6.48. The quantitative estimate of drug-likeness (QED) is 0.751. The molecule has 6 nitrogen and oxygen atoms in total. The second-order valence-electron chi connectivity index (χ2n) is 4.43. The van der Waals surface area contributed by atoms with Crippen LogP contribution in [0.25, 0.3) is 0 Å². The van der Waals surface area contributed by atoms with E-state index < -0.39 is 18.0 Å². The van der Waals surface area contributed by atoms with E-state index in [4.69, 9.17) is 22.0 Å². The molecular formula is C14H16ClN3O3. The highest BCUT2D eigenvalue weighted by Crippen LogP contribution is 2.20. The molecule has 2 amide bonds. The molecule has 0 aliphatic carbocycles. The summed E-state index contributed by atoms with van der Waals surface area (Å²) < 4.78 is 0. The monoisotopic (exact) mass is 309 g/mol. The minimum Gasteiger partial charge on any atom is -0.480 e. The highest BCUT2D eigenvalue weighted by molar-refractivity contribution is 6.31. The lowest BCUT2D eigenvalue weighted by atomic mass is 10.1. The van der Waals surface area contributed by atoms with Crippen molar-refractivity contribution in [1.82, 2.24) is 5.32 Å². The van der Waals surface area contributed by atoms with E-state index in [2.05, 4.69) is 10.6 Å². The molecule has 1 atom stereocenters. The van der Waals surface area contributed by atoms with Crippen molar-refractivity contribution >= 4 is 29.3 Å². The van der Waals surface area contributed by atoms with Crippen LogP contribution in [0.15, 0.2) is 18.2 Å². The average Bonchev–Trinajstić information content (AvgIpc) is 2.43. The predicted octanol–water partition coefficient (Wildman–Crippen LogP) is 2.98. The molecule has 0 aliphatic heterocycles. The lowest BCUT2D eigenvalue weighted by molar-refractivity contribution is -0.139. The number of amides is 2. The smallest absolute Gasteiger partial charge is 0.326 e. The molecule has 1 aromatic rings. The van der Waals surface area contributed by atoms with Crippen molar-refractivity contribution in [2.24, 2.45) is 0 Å². The number of anilines is 1. The van der Waals surface area contributed by atoms with Gasteiger partial charge in [-0.1, -0.05) is 31.4 Å². The highest BCUT2D eigenvalue weighted by Gasteiger charge is 2.19. The van der Waals surface area contributed by atoms with Crippen molar-refractivity contribution in [3.05, 3.63) is 28.8 Å². The molecule has 0 bridgehead atoms. The number of rotatable bonds is 6. The van der Waals surface area contributed by atoms with E-state index in [1.807, 2.05) is 13.0 Å². The molecular weight excluding hydrogens is 294 g/mol. The van der Waals surface area contributed by atoms with E-state index in [0.717, 1.165) is 6.42 Å². The van der Waals surface area contributed by atoms with Crippen LogP contribution < -0.4 is 10.6 Å². The van der Waals surface area contributed by atoms with Gasteiger partial charge in [0.05, 0.1) is 11.3 Å². The maximum Gasteiger partial charge on any atom is 0.326 e. The zero-order valence-electron chi connectivity index (χ0n) is 11.5. The van der Waals surface area contributed by atoms with Gasteiger partial charge >= 0.3 is 12.0 Å². The number of aliphatic carboxylic acids is 1. The number of carbonyl (C=O) groups is 2. The van der Waals surface area contributed by atoms with Gasteiger partial charge in [-0.2, -0.15) is 5.26 Å². The topological polar surface area (TPSA) is 102 Å². The molecule has 0 spiro atoms. The molecule has 21 heavy (non-hydrogen) atoms. The van der Waals surface area contributed by atoms with Gasteiger partial charge in [0.2, 0.25) is 0 Å². The Morgan fingerprint density at radius 1 is 1.48 bits per heavy atom. The second-order valence-corrected chi connectivity index (χ2v) is 4.87. The number of carboxylic acid groups (broad SMARTS) is 1. The van der Waals surface area contributed by atoms with Crippen molar-refractivity contribution in [3.8, 4) is 6.07 Å². The molecule has 1 aromatic carbocycles. The van der Waals surface area contributed by atoms with Gasteiger partial charge in [0.15, 0.2) is 0 Å². The Labute approximate surface area is 127 Å². The van der Waals surface area contributed by atoms with E-state index in [9.17, 15) is 9.59 Å². The number of carboxylic acids is 1. The molecule has 3 N–H and O–H groups in total. The van der Waals surface area contributed by atoms with Crippen LogP contribution in [0.4, 0.5) is 10.5 Å². The number of carbonyl (C=O) groups excluding carboxylic acids is 1. The van der Waals surface area contributed by atoms with E-state index in [-0.39, 0.29) is 11.3 Å². The van der Waals surface area contributed by atoms with Gasteiger partial charge in [-0.05, 0) is 24.6 Å². The maximum absolute atomic E-state index is 11.8. The molecule has 0 radical (unpaired) electrons. The van der Waals surface area contributed by atoms with Crippen LogP contribution >= 0.6 is 11.6 Å². The molecule has 0 aromatic heterocycles. The Morgan fingerprint density at radius 2 is 2.19 bits per heavy atom. The van der Waals surface area contributed by atoms with Crippen LogP contribution in [-0.4, -0.2) is 23.1 Å². The largest absolute Gasteiger partial charge is 0.480 e. The van der Waals surface area contributed by atoms with Gasteiger partial charge in [-0.25, -0.2) is 9.59 Å². The molecule has 0 aliphatic rings. The van der Waals surface area contributed by atoms with Crippen molar-refractivity contribution in [2.45, 2.75) is 32.2 Å². The zero-order valence-corrected chi connectivity index (χ0v) is 12.3. The SMILES string of the molecule is CCCC[C@H](NC(=O)Nc1cc(Cl)ccc1C#N)C(=O)O. The lowest BCUT2D eigenvalue weighted by Gasteiger charge is -2.15. The van der Waals surface area contributed by atoms with Crippen LogP contribution in [0, 0.1) is 11.3 Å². The van der Waals surface area contributed by atoms with Crippen molar-refractivity contribution in [3.63, 3.8) is 0 Å². The third-order valence-corrected chi connectivity index (χ3v) is 3.04. The minimum absolute atomic E-state index is 0.238. The Morgan fingerprint density at radius 3 is 2.76 bits per heavy atom. The summed E-state index contributed by atoms with van der Waals surface area (Å²) in [7, 11) is 0. The van der Waals surface area contributed by atoms with Gasteiger partial charge in [-0.15, -0.1) is 0 Å². The summed E-state index contributed by atoms with van der Waals surface area (Å²) in [6, 6.07) is 4.71. The average molecular weight is 310 g/mol. The number of halogens is 1. The van der Waals surface area contributed by atoms with Gasteiger partial charge < -0.3 is 15.7 Å². The van der Waals surface area contributed by atoms with E-state index in [1.54, 1.807) is 0 Å². The molecule has 7 heteroatoms. The molecule has 112 valence electrons. The maximum atomic E-state index is 11.8. The summed E-state index contributed by atoms with van der Waals surface area (Å²) in [6.45, 7) is 1.93. The number of nitriles is 1. The number of urea groups is 1. The summed E-state index contributed by atoms with van der Waals surface area (Å²) in [5.74, 6) is -1.09. The van der Waals surface area contributed by atoms with Gasteiger partial charge in [-0.3, -0.25) is 0 Å². The first kappa shape index (κ1) is 16.8. The summed E-state index contributed by atoms with van der Waals surface area (Å²) in [6.07, 6.45) is 1.87. The minimum atomic E-state index is -1.09. The highest BCUT2D eigenvalue weighted by atomic mass is 35.5. The second kappa shape index (κ2) is 8.12. The van der Waals surface area contributed by atoms with Gasteiger partial charge in [0.1, 0.15) is 12.1 Å². The fourth-order valence-corrected chi connectivity index (χ4v) is 1.87. The molecule has 0 heterocycles. The van der Waals surface area contributed by atoms with Crippen molar-refractivity contribution in [2.75, 3.05) is 5.32 Å². The Hall–Kier alpha value is -2.26. The van der Waals surface area contributed by atoms with Gasteiger partial charge in [0, 0.05) is 5.02 Å². The van der Waals surface area contributed by atoms with E-state index in [0.29, 0.717) is 17.9 Å². The van der Waals surface area contributed by atoms with Crippen molar-refractivity contribution in [1.29, 1.82) is 5.26 Å². The number of hydrogen-bond acceptors (Lipinski definition) is 3. The first-order valence-corrected chi connectivity index (χ1v) is 6.85. The van der Waals surface area contributed by atoms with Crippen LogP contribution in [0.3, 0.4) is 0 Å². The van der Waals surface area contributed by atoms with Crippen LogP contribution in [0.2, 0.25) is 5.02 Å². The number of nitrogens with one attached hydrogen (secondary N) is 2. The summed E-state index contributed by atoms with van der Waals surface area (Å²) in [4.78, 5) is 22.9. The van der Waals surface area contributed by atoms with Crippen LogP contribution in [-0.2, 0) is 4.79 Å². The van der Waals surface area contributed by atoms with E-state index >= 15 is 0 Å². The van der Waals surface area contributed by atoms with E-state index in [1.165, 1.54) is 18.2 Å². The first-order chi connectivity index (χ1) is 9.97. The summed E-state index contributed by atoms with van der Waals surface area (Å²) in [5.41, 5.74) is 0.483. The van der Waals surface area contributed by atoms with Crippen molar-refractivity contribution < 1.29 is 14.7 Å².